The Bertz CT molecular complexity index is 410. The van der Waals surface area contributed by atoms with Crippen molar-refractivity contribution in [3.05, 3.63) is 35.9 Å². The second-order valence-electron chi connectivity index (χ2n) is 4.68. The van der Waals surface area contributed by atoms with Crippen LogP contribution in [0.15, 0.2) is 30.3 Å². The average Bonchev–Trinajstić information content (AvgIpc) is 2.89. The van der Waals surface area contributed by atoms with E-state index in [1.165, 1.54) is 0 Å². The van der Waals surface area contributed by atoms with E-state index in [0.717, 1.165) is 12.0 Å². The van der Waals surface area contributed by atoms with Crippen molar-refractivity contribution >= 4 is 6.09 Å². The SMILES string of the molecule is COC1CC(CN)N(C(=O)OCc2ccccc2)C1. The van der Waals surface area contributed by atoms with Crippen molar-refractivity contribution in [3.63, 3.8) is 0 Å². The van der Waals surface area contributed by atoms with Crippen molar-refractivity contribution in [1.82, 2.24) is 4.90 Å². The van der Waals surface area contributed by atoms with E-state index in [0.29, 0.717) is 13.1 Å². The van der Waals surface area contributed by atoms with Gasteiger partial charge in [0.25, 0.3) is 0 Å². The highest BCUT2D eigenvalue weighted by atomic mass is 16.6. The molecule has 19 heavy (non-hydrogen) atoms. The number of amides is 1. The van der Waals surface area contributed by atoms with Crippen LogP contribution in [0, 0.1) is 0 Å². The first-order valence-electron chi connectivity index (χ1n) is 6.44. The molecule has 1 amide bonds. The zero-order valence-electron chi connectivity index (χ0n) is 11.1. The number of methoxy groups -OCH3 is 1. The molecule has 5 nitrogen and oxygen atoms in total. The molecular weight excluding hydrogens is 244 g/mol. The summed E-state index contributed by atoms with van der Waals surface area (Å²) in [4.78, 5) is 13.7. The van der Waals surface area contributed by atoms with Crippen LogP contribution in [0.25, 0.3) is 0 Å². The molecule has 1 aliphatic rings. The number of carbonyl (C=O) groups is 1. The fourth-order valence-electron chi connectivity index (χ4n) is 2.29. The number of rotatable bonds is 4. The smallest absolute Gasteiger partial charge is 0.410 e. The van der Waals surface area contributed by atoms with Crippen LogP contribution in [-0.2, 0) is 16.1 Å². The maximum absolute atomic E-state index is 12.0. The van der Waals surface area contributed by atoms with Gasteiger partial charge in [0.2, 0.25) is 0 Å². The molecule has 0 aliphatic carbocycles. The Labute approximate surface area is 113 Å². The zero-order chi connectivity index (χ0) is 13.7. The molecule has 0 spiro atoms. The normalized spacial score (nSPS) is 22.5. The van der Waals surface area contributed by atoms with Gasteiger partial charge in [-0.3, -0.25) is 0 Å². The van der Waals surface area contributed by atoms with Crippen LogP contribution < -0.4 is 5.73 Å². The number of hydrogen-bond acceptors (Lipinski definition) is 4. The Morgan fingerprint density at radius 1 is 1.42 bits per heavy atom. The van der Waals surface area contributed by atoms with Gasteiger partial charge in [-0.25, -0.2) is 4.79 Å². The van der Waals surface area contributed by atoms with E-state index in [1.807, 2.05) is 30.3 Å². The maximum Gasteiger partial charge on any atom is 0.410 e. The molecule has 1 fully saturated rings. The van der Waals surface area contributed by atoms with Crippen LogP contribution in [0.2, 0.25) is 0 Å². The quantitative estimate of drug-likeness (QED) is 0.892. The van der Waals surface area contributed by atoms with E-state index >= 15 is 0 Å². The third-order valence-electron chi connectivity index (χ3n) is 3.42. The first-order chi connectivity index (χ1) is 9.24. The molecule has 1 aliphatic heterocycles. The predicted molar refractivity (Wildman–Crippen MR) is 71.6 cm³/mol. The molecular formula is C14H20N2O3. The average molecular weight is 264 g/mol. The molecule has 2 N–H and O–H groups in total. The van der Waals surface area contributed by atoms with Crippen LogP contribution in [-0.4, -0.2) is 43.3 Å². The van der Waals surface area contributed by atoms with Crippen LogP contribution in [0.5, 0.6) is 0 Å². The van der Waals surface area contributed by atoms with Gasteiger partial charge < -0.3 is 20.1 Å². The third kappa shape index (κ3) is 3.45. The van der Waals surface area contributed by atoms with E-state index in [-0.39, 0.29) is 24.8 Å². The summed E-state index contributed by atoms with van der Waals surface area (Å²) in [6.45, 7) is 1.26. The molecule has 0 bridgehead atoms. The van der Waals surface area contributed by atoms with Gasteiger partial charge in [-0.15, -0.1) is 0 Å². The Morgan fingerprint density at radius 3 is 2.79 bits per heavy atom. The summed E-state index contributed by atoms with van der Waals surface area (Å²) >= 11 is 0. The highest BCUT2D eigenvalue weighted by molar-refractivity contribution is 5.68. The fourth-order valence-corrected chi connectivity index (χ4v) is 2.29. The number of carbonyl (C=O) groups excluding carboxylic acids is 1. The molecule has 5 heteroatoms. The number of hydrogen-bond donors (Lipinski definition) is 1. The van der Waals surface area contributed by atoms with E-state index in [4.69, 9.17) is 15.2 Å². The van der Waals surface area contributed by atoms with Crippen LogP contribution >= 0.6 is 0 Å². The lowest BCUT2D eigenvalue weighted by molar-refractivity contribution is 0.0805. The molecule has 1 saturated heterocycles. The maximum atomic E-state index is 12.0. The zero-order valence-corrected chi connectivity index (χ0v) is 11.1. The van der Waals surface area contributed by atoms with Crippen LogP contribution in [0.4, 0.5) is 4.79 Å². The molecule has 2 atom stereocenters. The molecule has 2 unspecified atom stereocenters. The Balaban J connectivity index is 1.89. The van der Waals surface area contributed by atoms with Crippen molar-refractivity contribution in [1.29, 1.82) is 0 Å². The minimum atomic E-state index is -0.321. The van der Waals surface area contributed by atoms with Gasteiger partial charge in [0.1, 0.15) is 6.61 Å². The molecule has 104 valence electrons. The molecule has 1 aromatic rings. The molecule has 0 aromatic heterocycles. The largest absolute Gasteiger partial charge is 0.445 e. The Morgan fingerprint density at radius 2 is 2.16 bits per heavy atom. The van der Waals surface area contributed by atoms with Crippen molar-refractivity contribution < 1.29 is 14.3 Å². The van der Waals surface area contributed by atoms with E-state index < -0.39 is 0 Å². The van der Waals surface area contributed by atoms with Gasteiger partial charge in [-0.2, -0.15) is 0 Å². The highest BCUT2D eigenvalue weighted by Gasteiger charge is 2.35. The molecule has 2 rings (SSSR count). The van der Waals surface area contributed by atoms with E-state index in [2.05, 4.69) is 0 Å². The molecule has 0 saturated carbocycles. The number of ether oxygens (including phenoxy) is 2. The van der Waals surface area contributed by atoms with Crippen molar-refractivity contribution in [2.75, 3.05) is 20.2 Å². The standard InChI is InChI=1S/C14H20N2O3/c1-18-13-7-12(8-15)16(9-13)14(17)19-10-11-5-3-2-4-6-11/h2-6,12-13H,7-10,15H2,1H3. The van der Waals surface area contributed by atoms with E-state index in [9.17, 15) is 4.79 Å². The Kier molecular flexibility index (Phi) is 4.76. The van der Waals surface area contributed by atoms with Gasteiger partial charge in [0.05, 0.1) is 12.6 Å². The molecule has 0 radical (unpaired) electrons. The third-order valence-corrected chi connectivity index (χ3v) is 3.42. The van der Waals surface area contributed by atoms with E-state index in [1.54, 1.807) is 12.0 Å². The molecule has 1 aromatic carbocycles. The molecule has 1 heterocycles. The summed E-state index contributed by atoms with van der Waals surface area (Å²) in [5, 5.41) is 0. The van der Waals surface area contributed by atoms with Gasteiger partial charge in [0, 0.05) is 19.7 Å². The topological polar surface area (TPSA) is 64.8 Å². The number of benzene rings is 1. The van der Waals surface area contributed by atoms with Gasteiger partial charge in [-0.05, 0) is 12.0 Å². The lowest BCUT2D eigenvalue weighted by Gasteiger charge is -2.22. The summed E-state index contributed by atoms with van der Waals surface area (Å²) in [6.07, 6.45) is 0.504. The second-order valence-corrected chi connectivity index (χ2v) is 4.68. The first kappa shape index (κ1) is 13.8. The summed E-state index contributed by atoms with van der Waals surface area (Å²) < 4.78 is 10.6. The highest BCUT2D eigenvalue weighted by Crippen LogP contribution is 2.20. The van der Waals surface area contributed by atoms with Crippen molar-refractivity contribution in [2.45, 2.75) is 25.2 Å². The minimum absolute atomic E-state index is 0.00761. The van der Waals surface area contributed by atoms with Crippen molar-refractivity contribution in [2.24, 2.45) is 5.73 Å². The summed E-state index contributed by atoms with van der Waals surface area (Å²) in [5.41, 5.74) is 6.66. The van der Waals surface area contributed by atoms with Crippen LogP contribution in [0.3, 0.4) is 0 Å². The monoisotopic (exact) mass is 264 g/mol. The lowest BCUT2D eigenvalue weighted by atomic mass is 10.2. The second kappa shape index (κ2) is 6.54. The van der Waals surface area contributed by atoms with Gasteiger partial charge in [-0.1, -0.05) is 30.3 Å². The minimum Gasteiger partial charge on any atom is -0.445 e. The number of nitrogens with zero attached hydrogens (tertiary/aromatic N) is 1. The van der Waals surface area contributed by atoms with Crippen molar-refractivity contribution in [3.8, 4) is 0 Å². The number of nitrogens with two attached hydrogens (primary N) is 1. The lowest BCUT2D eigenvalue weighted by Crippen LogP contribution is -2.40. The summed E-state index contributed by atoms with van der Waals surface area (Å²) in [7, 11) is 1.65. The summed E-state index contributed by atoms with van der Waals surface area (Å²) in [5.74, 6) is 0. The van der Waals surface area contributed by atoms with Crippen LogP contribution in [0.1, 0.15) is 12.0 Å². The van der Waals surface area contributed by atoms with Gasteiger partial charge >= 0.3 is 6.09 Å². The first-order valence-corrected chi connectivity index (χ1v) is 6.44. The summed E-state index contributed by atoms with van der Waals surface area (Å²) in [6, 6.07) is 9.63. The predicted octanol–water partition coefficient (Wildman–Crippen LogP) is 1.37. The van der Waals surface area contributed by atoms with Gasteiger partial charge in [0.15, 0.2) is 0 Å². The fraction of sp³-hybridized carbons (Fsp3) is 0.500. The Hall–Kier alpha value is -1.59. The number of likely N-dealkylation sites (tertiary alicyclic amines) is 1.